The number of carboxylic acids is 1. The number of hydrogen-bond donors (Lipinski definition) is 2. The number of halogens is 1. The first-order chi connectivity index (χ1) is 13.9. The summed E-state index contributed by atoms with van der Waals surface area (Å²) >= 11 is 5.95. The first kappa shape index (κ1) is 20.1. The molecule has 0 unspecified atom stereocenters. The van der Waals surface area contributed by atoms with Crippen LogP contribution in [0.15, 0.2) is 48.5 Å². The summed E-state index contributed by atoms with van der Waals surface area (Å²) in [6.07, 6.45) is -0.155. The van der Waals surface area contributed by atoms with Crippen molar-refractivity contribution in [1.29, 1.82) is 5.26 Å². The SMILES string of the molecule is Cc1ccc(C(=O)c2nn(-c3ccc(Cl)cc3)c(NCCC(=O)O)c2C#N)cc1. The van der Waals surface area contributed by atoms with Crippen molar-refractivity contribution in [3.05, 3.63) is 75.9 Å². The van der Waals surface area contributed by atoms with Gasteiger partial charge in [-0.1, -0.05) is 41.4 Å². The van der Waals surface area contributed by atoms with Gasteiger partial charge in [0.25, 0.3) is 0 Å². The monoisotopic (exact) mass is 408 g/mol. The fourth-order valence-electron chi connectivity index (χ4n) is 2.74. The molecule has 0 bridgehead atoms. The van der Waals surface area contributed by atoms with Crippen molar-refractivity contribution in [1.82, 2.24) is 9.78 Å². The minimum absolute atomic E-state index is 0.0101. The molecular weight excluding hydrogens is 392 g/mol. The van der Waals surface area contributed by atoms with E-state index in [1.54, 1.807) is 36.4 Å². The molecule has 0 radical (unpaired) electrons. The normalized spacial score (nSPS) is 10.4. The molecule has 29 heavy (non-hydrogen) atoms. The Morgan fingerprint density at radius 3 is 2.41 bits per heavy atom. The second kappa shape index (κ2) is 8.59. The minimum atomic E-state index is -0.982. The second-order valence-electron chi connectivity index (χ2n) is 6.34. The minimum Gasteiger partial charge on any atom is -0.481 e. The Hall–Kier alpha value is -3.63. The van der Waals surface area contributed by atoms with Gasteiger partial charge in [0.2, 0.25) is 5.78 Å². The summed E-state index contributed by atoms with van der Waals surface area (Å²) in [5.74, 6) is -1.12. The third kappa shape index (κ3) is 4.45. The molecule has 0 spiro atoms. The summed E-state index contributed by atoms with van der Waals surface area (Å²) in [4.78, 5) is 23.9. The van der Waals surface area contributed by atoms with Crippen molar-refractivity contribution < 1.29 is 14.7 Å². The maximum atomic E-state index is 13.0. The zero-order valence-corrected chi connectivity index (χ0v) is 16.3. The van der Waals surface area contributed by atoms with Gasteiger partial charge in [0.05, 0.1) is 12.1 Å². The number of rotatable bonds is 7. The number of anilines is 1. The highest BCUT2D eigenvalue weighted by Crippen LogP contribution is 2.26. The van der Waals surface area contributed by atoms with Gasteiger partial charge < -0.3 is 10.4 Å². The van der Waals surface area contributed by atoms with Crippen molar-refractivity contribution in [2.24, 2.45) is 0 Å². The van der Waals surface area contributed by atoms with Crippen LogP contribution < -0.4 is 5.32 Å². The molecule has 0 fully saturated rings. The molecule has 0 saturated carbocycles. The zero-order valence-electron chi connectivity index (χ0n) is 15.5. The Balaban J connectivity index is 2.10. The molecule has 3 rings (SSSR count). The van der Waals surface area contributed by atoms with E-state index in [1.165, 1.54) is 4.68 Å². The molecule has 3 aromatic rings. The summed E-state index contributed by atoms with van der Waals surface area (Å²) in [5, 5.41) is 26.4. The maximum Gasteiger partial charge on any atom is 0.305 e. The van der Waals surface area contributed by atoms with E-state index in [1.807, 2.05) is 25.1 Å². The van der Waals surface area contributed by atoms with Gasteiger partial charge in [-0.15, -0.1) is 0 Å². The Labute approximate surface area is 172 Å². The van der Waals surface area contributed by atoms with Crippen LogP contribution in [0.2, 0.25) is 5.02 Å². The number of ketones is 1. The second-order valence-corrected chi connectivity index (χ2v) is 6.77. The van der Waals surface area contributed by atoms with Crippen LogP contribution in [0.4, 0.5) is 5.82 Å². The van der Waals surface area contributed by atoms with Crippen LogP contribution in [0, 0.1) is 18.3 Å². The molecule has 1 aromatic heterocycles. The van der Waals surface area contributed by atoms with Crippen molar-refractivity contribution in [2.75, 3.05) is 11.9 Å². The van der Waals surface area contributed by atoms with Crippen LogP contribution in [0.5, 0.6) is 0 Å². The lowest BCUT2D eigenvalue weighted by molar-refractivity contribution is -0.136. The van der Waals surface area contributed by atoms with E-state index in [-0.39, 0.29) is 30.0 Å². The summed E-state index contributed by atoms with van der Waals surface area (Å²) in [6.45, 7) is 1.98. The number of carbonyl (C=O) groups excluding carboxylic acids is 1. The Bertz CT molecular complexity index is 1100. The lowest BCUT2D eigenvalue weighted by atomic mass is 10.0. The molecule has 2 aromatic carbocycles. The van der Waals surface area contributed by atoms with E-state index in [0.717, 1.165) is 5.56 Å². The summed E-state index contributed by atoms with van der Waals surface area (Å²) < 4.78 is 1.41. The molecule has 7 nitrogen and oxygen atoms in total. The molecule has 0 aliphatic carbocycles. The highest BCUT2D eigenvalue weighted by Gasteiger charge is 2.25. The Kier molecular flexibility index (Phi) is 5.96. The van der Waals surface area contributed by atoms with Crippen LogP contribution in [0.1, 0.15) is 33.6 Å². The molecule has 0 aliphatic rings. The number of nitriles is 1. The first-order valence-electron chi connectivity index (χ1n) is 8.77. The molecule has 1 heterocycles. The maximum absolute atomic E-state index is 13.0. The zero-order chi connectivity index (χ0) is 21.0. The topological polar surface area (TPSA) is 108 Å². The summed E-state index contributed by atoms with van der Waals surface area (Å²) in [6, 6.07) is 15.7. The molecular formula is C21H17ClN4O3. The van der Waals surface area contributed by atoms with Crippen LogP contribution >= 0.6 is 11.6 Å². The number of carboxylic acid groups (broad SMARTS) is 1. The van der Waals surface area contributed by atoms with Crippen LogP contribution in [0.3, 0.4) is 0 Å². The quantitative estimate of drug-likeness (QED) is 0.575. The third-order valence-corrected chi connectivity index (χ3v) is 4.48. The fourth-order valence-corrected chi connectivity index (χ4v) is 2.87. The molecule has 0 amide bonds. The van der Waals surface area contributed by atoms with E-state index < -0.39 is 11.8 Å². The molecule has 8 heteroatoms. The predicted molar refractivity (Wildman–Crippen MR) is 109 cm³/mol. The lowest BCUT2D eigenvalue weighted by Gasteiger charge is -2.09. The van der Waals surface area contributed by atoms with E-state index in [9.17, 15) is 14.9 Å². The molecule has 0 aliphatic heterocycles. The molecule has 0 saturated heterocycles. The van der Waals surface area contributed by atoms with Crippen LogP contribution in [-0.4, -0.2) is 33.2 Å². The number of carbonyl (C=O) groups is 2. The van der Waals surface area contributed by atoms with Crippen molar-refractivity contribution in [3.8, 4) is 11.8 Å². The number of nitrogens with one attached hydrogen (secondary N) is 1. The molecule has 146 valence electrons. The van der Waals surface area contributed by atoms with Gasteiger partial charge in [-0.2, -0.15) is 10.4 Å². The van der Waals surface area contributed by atoms with Crippen molar-refractivity contribution >= 4 is 29.2 Å². The van der Waals surface area contributed by atoms with Gasteiger partial charge >= 0.3 is 5.97 Å². The first-order valence-corrected chi connectivity index (χ1v) is 9.14. The number of nitrogens with zero attached hydrogens (tertiary/aromatic N) is 3. The molecule has 2 N–H and O–H groups in total. The smallest absolute Gasteiger partial charge is 0.305 e. The van der Waals surface area contributed by atoms with E-state index >= 15 is 0 Å². The summed E-state index contributed by atoms with van der Waals surface area (Å²) in [7, 11) is 0. The van der Waals surface area contributed by atoms with Crippen molar-refractivity contribution in [3.63, 3.8) is 0 Å². The highest BCUT2D eigenvalue weighted by molar-refractivity contribution is 6.30. The number of hydrogen-bond acceptors (Lipinski definition) is 5. The Morgan fingerprint density at radius 1 is 1.17 bits per heavy atom. The van der Waals surface area contributed by atoms with Crippen molar-refractivity contribution in [2.45, 2.75) is 13.3 Å². The van der Waals surface area contributed by atoms with E-state index in [4.69, 9.17) is 16.7 Å². The lowest BCUT2D eigenvalue weighted by Crippen LogP contribution is -2.12. The number of benzene rings is 2. The average Bonchev–Trinajstić information content (AvgIpc) is 3.07. The standard InChI is InChI=1S/C21H17ClN4O3/c1-13-2-4-14(5-3-13)20(29)19-17(12-23)21(24-11-10-18(27)28)26(25-19)16-8-6-15(22)7-9-16/h2-9,24H,10-11H2,1H3,(H,27,28). The van der Waals surface area contributed by atoms with Gasteiger partial charge in [-0.25, -0.2) is 4.68 Å². The van der Waals surface area contributed by atoms with Gasteiger partial charge in [-0.05, 0) is 31.2 Å². The Morgan fingerprint density at radius 2 is 1.83 bits per heavy atom. The van der Waals surface area contributed by atoms with Gasteiger partial charge in [-0.3, -0.25) is 9.59 Å². The summed E-state index contributed by atoms with van der Waals surface area (Å²) in [5.41, 5.74) is 2.03. The predicted octanol–water partition coefficient (Wildman–Crippen LogP) is 3.82. The third-order valence-electron chi connectivity index (χ3n) is 4.23. The average molecular weight is 409 g/mol. The van der Waals surface area contributed by atoms with Gasteiger partial charge in [0, 0.05) is 17.1 Å². The van der Waals surface area contributed by atoms with Gasteiger partial charge in [0.15, 0.2) is 5.69 Å². The van der Waals surface area contributed by atoms with Crippen LogP contribution in [0.25, 0.3) is 5.69 Å². The van der Waals surface area contributed by atoms with E-state index in [0.29, 0.717) is 16.3 Å². The van der Waals surface area contributed by atoms with Crippen LogP contribution in [-0.2, 0) is 4.79 Å². The molecule has 0 atom stereocenters. The number of aromatic nitrogens is 2. The highest BCUT2D eigenvalue weighted by atomic mass is 35.5. The fraction of sp³-hybridized carbons (Fsp3) is 0.143. The number of aryl methyl sites for hydroxylation is 1. The van der Waals surface area contributed by atoms with E-state index in [2.05, 4.69) is 10.4 Å². The largest absolute Gasteiger partial charge is 0.481 e. The number of aliphatic carboxylic acids is 1. The van der Waals surface area contributed by atoms with Gasteiger partial charge in [0.1, 0.15) is 17.5 Å².